The predicted molar refractivity (Wildman–Crippen MR) is 119 cm³/mol. The largest absolute Gasteiger partial charge is 0.506 e. The fourth-order valence-electron chi connectivity index (χ4n) is 3.37. The lowest BCUT2D eigenvalue weighted by atomic mass is 10.0. The number of H-pyrrole nitrogens is 1. The number of rotatable bonds is 4. The summed E-state index contributed by atoms with van der Waals surface area (Å²) in [6, 6.07) is 12.9. The third-order valence-corrected chi connectivity index (χ3v) is 5.25. The summed E-state index contributed by atoms with van der Waals surface area (Å²) in [5, 5.41) is 35.2. The van der Waals surface area contributed by atoms with Gasteiger partial charge in [0.1, 0.15) is 5.54 Å². The number of nitrogens with one attached hydrogen (secondary N) is 3. The average Bonchev–Trinajstić information content (AvgIpc) is 3.25. The van der Waals surface area contributed by atoms with Gasteiger partial charge < -0.3 is 20.8 Å². The Morgan fingerprint density at radius 3 is 2.34 bits per heavy atom. The molecule has 0 bridgehead atoms. The number of hydrogen-bond donors (Lipinski definition) is 5. The van der Waals surface area contributed by atoms with Crippen LogP contribution in [-0.2, 0) is 4.79 Å². The Bertz CT molecular complexity index is 1290. The van der Waals surface area contributed by atoms with E-state index in [0.29, 0.717) is 22.7 Å². The van der Waals surface area contributed by atoms with Gasteiger partial charge in [-0.3, -0.25) is 9.69 Å². The minimum absolute atomic E-state index is 0.253. The lowest BCUT2D eigenvalue weighted by molar-refractivity contribution is -0.117. The number of carbonyl (C=O) groups excluding carboxylic acids is 2. The van der Waals surface area contributed by atoms with Gasteiger partial charge >= 0.3 is 6.03 Å². The summed E-state index contributed by atoms with van der Waals surface area (Å²) in [6.07, 6.45) is 0. The Kier molecular flexibility index (Phi) is 5.14. The van der Waals surface area contributed by atoms with Crippen LogP contribution in [0.1, 0.15) is 13.8 Å². The first-order valence-corrected chi connectivity index (χ1v) is 9.85. The van der Waals surface area contributed by atoms with Crippen LogP contribution < -0.4 is 15.5 Å². The van der Waals surface area contributed by atoms with Gasteiger partial charge in [0, 0.05) is 17.1 Å². The molecule has 0 radical (unpaired) electrons. The summed E-state index contributed by atoms with van der Waals surface area (Å²) in [5.41, 5.74) is 1.02. The number of aliphatic hydroxyl groups is 2. The summed E-state index contributed by atoms with van der Waals surface area (Å²) in [7, 11) is 0. The van der Waals surface area contributed by atoms with Crippen molar-refractivity contribution in [2.45, 2.75) is 19.4 Å². The second kappa shape index (κ2) is 7.81. The number of aliphatic hydroxyl groups excluding tert-OH is 2. The summed E-state index contributed by atoms with van der Waals surface area (Å²) in [5.74, 6) is -1.76. The van der Waals surface area contributed by atoms with Crippen LogP contribution in [0.15, 0.2) is 60.0 Å². The van der Waals surface area contributed by atoms with Crippen molar-refractivity contribution >= 4 is 41.2 Å². The van der Waals surface area contributed by atoms with E-state index >= 15 is 0 Å². The lowest BCUT2D eigenvalue weighted by Crippen LogP contribution is -2.43. The van der Waals surface area contributed by atoms with Crippen molar-refractivity contribution in [3.63, 3.8) is 0 Å². The van der Waals surface area contributed by atoms with E-state index in [9.17, 15) is 19.8 Å². The number of aromatic amines is 1. The van der Waals surface area contributed by atoms with Crippen molar-refractivity contribution in [1.29, 1.82) is 0 Å². The number of amides is 3. The van der Waals surface area contributed by atoms with Crippen molar-refractivity contribution in [2.75, 3.05) is 15.5 Å². The van der Waals surface area contributed by atoms with Gasteiger partial charge in [-0.25, -0.2) is 9.48 Å². The van der Waals surface area contributed by atoms with Crippen LogP contribution in [0.3, 0.4) is 0 Å². The molecule has 0 aliphatic carbocycles. The molecule has 0 saturated carbocycles. The highest BCUT2D eigenvalue weighted by Crippen LogP contribution is 2.37. The molecular formula is C20H19N7O4S. The second-order valence-electron chi connectivity index (χ2n) is 7.49. The van der Waals surface area contributed by atoms with Crippen molar-refractivity contribution < 1.29 is 19.8 Å². The third-order valence-electron chi connectivity index (χ3n) is 4.99. The molecule has 3 aromatic rings. The molecule has 3 amide bonds. The van der Waals surface area contributed by atoms with E-state index in [1.165, 1.54) is 9.58 Å². The first-order valence-electron chi connectivity index (χ1n) is 9.44. The molecule has 2 heterocycles. The minimum Gasteiger partial charge on any atom is -0.506 e. The minimum atomic E-state index is -1.09. The zero-order valence-corrected chi connectivity index (χ0v) is 17.8. The summed E-state index contributed by atoms with van der Waals surface area (Å²) >= 11 is 5.07. The van der Waals surface area contributed by atoms with E-state index in [4.69, 9.17) is 12.2 Å². The molecule has 1 aliphatic heterocycles. The summed E-state index contributed by atoms with van der Waals surface area (Å²) in [4.78, 5) is 26.0. The van der Waals surface area contributed by atoms with Crippen LogP contribution in [0, 0.1) is 4.77 Å². The number of aromatic nitrogens is 4. The molecule has 0 fully saturated rings. The number of benzene rings is 2. The highest BCUT2D eigenvalue weighted by atomic mass is 32.1. The van der Waals surface area contributed by atoms with Crippen LogP contribution in [-0.4, -0.2) is 47.9 Å². The fraction of sp³-hybridized carbons (Fsp3) is 0.150. The van der Waals surface area contributed by atoms with Crippen LogP contribution in [0.25, 0.3) is 5.69 Å². The van der Waals surface area contributed by atoms with E-state index in [2.05, 4.69) is 26.2 Å². The third kappa shape index (κ3) is 3.67. The number of nitrogens with zero attached hydrogens (tertiary/aromatic N) is 4. The van der Waals surface area contributed by atoms with Gasteiger partial charge in [-0.1, -0.05) is 16.4 Å². The Hall–Kier alpha value is -4.19. The van der Waals surface area contributed by atoms with E-state index < -0.39 is 29.0 Å². The molecule has 12 heteroatoms. The molecule has 4 rings (SSSR count). The molecule has 0 saturated heterocycles. The number of hydrogen-bond acceptors (Lipinski definition) is 7. The van der Waals surface area contributed by atoms with E-state index in [-0.39, 0.29) is 4.77 Å². The van der Waals surface area contributed by atoms with Crippen LogP contribution in [0.4, 0.5) is 21.9 Å². The first-order chi connectivity index (χ1) is 15.2. The highest BCUT2D eigenvalue weighted by Gasteiger charge is 2.47. The zero-order valence-electron chi connectivity index (χ0n) is 17.0. The number of urea groups is 1. The van der Waals surface area contributed by atoms with Crippen molar-refractivity contribution in [3.8, 4) is 5.69 Å². The van der Waals surface area contributed by atoms with Gasteiger partial charge in [0.05, 0.1) is 5.69 Å². The second-order valence-corrected chi connectivity index (χ2v) is 7.86. The monoisotopic (exact) mass is 453 g/mol. The molecule has 11 nitrogen and oxygen atoms in total. The molecule has 1 aliphatic rings. The number of anilines is 3. The molecule has 2 aromatic carbocycles. The molecule has 164 valence electrons. The Labute approximate surface area is 187 Å². The van der Waals surface area contributed by atoms with Crippen LogP contribution in [0.2, 0.25) is 0 Å². The maximum Gasteiger partial charge on any atom is 0.323 e. The maximum atomic E-state index is 12.4. The van der Waals surface area contributed by atoms with Gasteiger partial charge in [-0.05, 0) is 68.5 Å². The van der Waals surface area contributed by atoms with Crippen molar-refractivity contribution in [2.24, 2.45) is 0 Å². The maximum absolute atomic E-state index is 12.4. The van der Waals surface area contributed by atoms with Gasteiger partial charge in [-0.15, -0.1) is 0 Å². The topological polar surface area (TPSA) is 148 Å². The molecular weight excluding hydrogens is 434 g/mol. The number of tetrazole rings is 1. The first kappa shape index (κ1) is 21.1. The quantitative estimate of drug-likeness (QED) is 0.380. The van der Waals surface area contributed by atoms with E-state index in [1.807, 2.05) is 0 Å². The van der Waals surface area contributed by atoms with Gasteiger partial charge in [0.15, 0.2) is 5.76 Å². The van der Waals surface area contributed by atoms with Crippen molar-refractivity contribution in [3.05, 3.63) is 64.8 Å². The van der Waals surface area contributed by atoms with Crippen molar-refractivity contribution in [1.82, 2.24) is 20.2 Å². The molecule has 0 atom stereocenters. The van der Waals surface area contributed by atoms with Gasteiger partial charge in [0.25, 0.3) is 5.91 Å². The summed E-state index contributed by atoms with van der Waals surface area (Å²) in [6.45, 7) is 3.23. The zero-order chi connectivity index (χ0) is 23.0. The fourth-order valence-corrected chi connectivity index (χ4v) is 3.56. The Balaban J connectivity index is 1.45. The summed E-state index contributed by atoms with van der Waals surface area (Å²) < 4.78 is 1.74. The molecule has 5 N–H and O–H groups in total. The van der Waals surface area contributed by atoms with Crippen LogP contribution >= 0.6 is 12.2 Å². The van der Waals surface area contributed by atoms with Gasteiger partial charge in [-0.2, -0.15) is 5.21 Å². The van der Waals surface area contributed by atoms with E-state index in [0.717, 1.165) is 0 Å². The molecule has 32 heavy (non-hydrogen) atoms. The predicted octanol–water partition coefficient (Wildman–Crippen LogP) is 3.42. The molecule has 0 unspecified atom stereocenters. The molecule has 0 spiro atoms. The normalized spacial score (nSPS) is 15.2. The lowest BCUT2D eigenvalue weighted by Gasteiger charge is -2.31. The Morgan fingerprint density at radius 2 is 1.75 bits per heavy atom. The highest BCUT2D eigenvalue weighted by molar-refractivity contribution is 7.71. The standard InChI is InChI=1S/C20H19N7O4S/c1-20(2)16(29)15(28)17(30)26(20)13-8-6-11(7-9-13)21-18(31)22-12-4-3-5-14(10-12)27-19(32)23-24-25-27/h3-10,28-29H,1-2H3,(H2,21,22,31)(H,23,25,32). The molecule has 1 aromatic heterocycles. The Morgan fingerprint density at radius 1 is 1.06 bits per heavy atom. The smallest absolute Gasteiger partial charge is 0.323 e. The average molecular weight is 453 g/mol. The van der Waals surface area contributed by atoms with Gasteiger partial charge in [0.2, 0.25) is 10.5 Å². The SMILES string of the molecule is CC1(C)C(O)=C(O)C(=O)N1c1ccc(NC(=O)Nc2cccc(-n3[nH]nnc3=S)c2)cc1. The number of carbonyl (C=O) groups is 2. The van der Waals surface area contributed by atoms with Crippen LogP contribution in [0.5, 0.6) is 0 Å². The van der Waals surface area contributed by atoms with E-state index in [1.54, 1.807) is 62.4 Å².